The van der Waals surface area contributed by atoms with Gasteiger partial charge in [0.2, 0.25) is 5.75 Å². The van der Waals surface area contributed by atoms with Crippen molar-refractivity contribution in [3.8, 4) is 17.2 Å². The van der Waals surface area contributed by atoms with Crippen LogP contribution >= 0.6 is 0 Å². The van der Waals surface area contributed by atoms with Gasteiger partial charge >= 0.3 is 0 Å². The van der Waals surface area contributed by atoms with Gasteiger partial charge in [0.1, 0.15) is 0 Å². The molecule has 0 saturated heterocycles. The van der Waals surface area contributed by atoms with E-state index in [4.69, 9.17) is 14.2 Å². The van der Waals surface area contributed by atoms with Gasteiger partial charge < -0.3 is 19.5 Å². The number of hydrogen-bond acceptors (Lipinski definition) is 4. The van der Waals surface area contributed by atoms with Crippen LogP contribution in [0.15, 0.2) is 48.7 Å². The van der Waals surface area contributed by atoms with E-state index < -0.39 is 0 Å². The Morgan fingerprint density at radius 3 is 2.26 bits per heavy atom. The van der Waals surface area contributed by atoms with Crippen LogP contribution in [0.25, 0.3) is 0 Å². The third-order valence-corrected chi connectivity index (χ3v) is 4.19. The molecule has 0 spiro atoms. The summed E-state index contributed by atoms with van der Waals surface area (Å²) in [5, 5.41) is 3.36. The van der Waals surface area contributed by atoms with E-state index in [1.807, 2.05) is 18.2 Å². The van der Waals surface area contributed by atoms with E-state index >= 15 is 0 Å². The first kappa shape index (κ1) is 15.3. The number of ether oxygens (including phenoxy) is 3. The minimum Gasteiger partial charge on any atom is -0.493 e. The number of anilines is 1. The molecule has 0 bridgehead atoms. The first-order valence-electron chi connectivity index (χ1n) is 7.51. The number of benzene rings is 2. The van der Waals surface area contributed by atoms with Crippen molar-refractivity contribution >= 4 is 5.69 Å². The fourth-order valence-electron chi connectivity index (χ4n) is 3.11. The second-order valence-corrected chi connectivity index (χ2v) is 5.53. The van der Waals surface area contributed by atoms with Gasteiger partial charge in [0.15, 0.2) is 11.5 Å². The Bertz CT molecular complexity index is 714. The number of para-hydroxylation sites is 1. The number of methoxy groups -OCH3 is 3. The summed E-state index contributed by atoms with van der Waals surface area (Å²) >= 11 is 0. The lowest BCUT2D eigenvalue weighted by atomic mass is 9.84. The summed E-state index contributed by atoms with van der Waals surface area (Å²) in [5.74, 6) is 2.15. The van der Waals surface area contributed by atoms with Crippen molar-refractivity contribution in [3.63, 3.8) is 0 Å². The van der Waals surface area contributed by atoms with E-state index in [2.05, 4.69) is 30.1 Å². The monoisotopic (exact) mass is 311 g/mol. The third-order valence-electron chi connectivity index (χ3n) is 4.19. The number of allylic oxidation sites excluding steroid dienone is 1. The largest absolute Gasteiger partial charge is 0.493 e. The predicted octanol–water partition coefficient (Wildman–Crippen LogP) is 4.17. The molecule has 2 aromatic carbocycles. The number of fused-ring (bicyclic) bond motifs is 1. The van der Waals surface area contributed by atoms with Crippen molar-refractivity contribution in [3.05, 3.63) is 59.8 Å². The number of rotatable bonds is 4. The van der Waals surface area contributed by atoms with Gasteiger partial charge in [-0.25, -0.2) is 0 Å². The highest BCUT2D eigenvalue weighted by atomic mass is 16.5. The lowest BCUT2D eigenvalue weighted by molar-refractivity contribution is 0.323. The first-order chi connectivity index (χ1) is 11.2. The van der Waals surface area contributed by atoms with E-state index in [1.165, 1.54) is 5.56 Å². The van der Waals surface area contributed by atoms with E-state index in [9.17, 15) is 0 Å². The molecule has 120 valence electrons. The van der Waals surface area contributed by atoms with Crippen LogP contribution in [0.1, 0.15) is 23.5 Å². The Morgan fingerprint density at radius 1 is 1.00 bits per heavy atom. The van der Waals surface area contributed by atoms with Crippen LogP contribution in [0.5, 0.6) is 17.2 Å². The summed E-state index contributed by atoms with van der Waals surface area (Å²) in [5.41, 5.74) is 4.47. The summed E-state index contributed by atoms with van der Waals surface area (Å²) < 4.78 is 16.4. The summed E-state index contributed by atoms with van der Waals surface area (Å²) in [4.78, 5) is 0. The van der Waals surface area contributed by atoms with Crippen LogP contribution in [-0.4, -0.2) is 21.3 Å². The minimum absolute atomic E-state index is 0.202. The number of nitrogens with one attached hydrogen (secondary N) is 1. The molecule has 1 atom stereocenters. The lowest BCUT2D eigenvalue weighted by Crippen LogP contribution is -2.15. The maximum atomic E-state index is 5.48. The first-order valence-corrected chi connectivity index (χ1v) is 7.51. The zero-order valence-electron chi connectivity index (χ0n) is 13.7. The van der Waals surface area contributed by atoms with E-state index in [1.54, 1.807) is 21.3 Å². The fraction of sp³-hybridized carbons (Fsp3) is 0.263. The molecule has 0 aliphatic carbocycles. The molecular weight excluding hydrogens is 290 g/mol. The molecule has 0 amide bonds. The Labute approximate surface area is 136 Å². The van der Waals surface area contributed by atoms with Crippen molar-refractivity contribution < 1.29 is 14.2 Å². The van der Waals surface area contributed by atoms with Gasteiger partial charge in [-0.1, -0.05) is 24.8 Å². The van der Waals surface area contributed by atoms with Gasteiger partial charge in [0.05, 0.1) is 21.3 Å². The van der Waals surface area contributed by atoms with Crippen molar-refractivity contribution in [2.45, 2.75) is 12.3 Å². The van der Waals surface area contributed by atoms with E-state index in [-0.39, 0.29) is 5.92 Å². The molecule has 4 nitrogen and oxygen atoms in total. The molecular formula is C19H21NO3. The van der Waals surface area contributed by atoms with E-state index in [0.717, 1.165) is 23.4 Å². The summed E-state index contributed by atoms with van der Waals surface area (Å²) in [6.07, 6.45) is 0.829. The Balaban J connectivity index is 2.13. The van der Waals surface area contributed by atoms with Crippen molar-refractivity contribution in [2.24, 2.45) is 0 Å². The van der Waals surface area contributed by atoms with Crippen LogP contribution < -0.4 is 19.5 Å². The Kier molecular flexibility index (Phi) is 4.15. The normalized spacial score (nSPS) is 16.3. The molecule has 1 N–H and O–H groups in total. The molecule has 23 heavy (non-hydrogen) atoms. The third kappa shape index (κ3) is 2.72. The van der Waals surface area contributed by atoms with E-state index in [0.29, 0.717) is 17.2 Å². The summed E-state index contributed by atoms with van der Waals surface area (Å²) in [6, 6.07) is 12.3. The van der Waals surface area contributed by atoms with Crippen molar-refractivity contribution in [1.82, 2.24) is 0 Å². The van der Waals surface area contributed by atoms with Gasteiger partial charge in [-0.2, -0.15) is 0 Å². The molecule has 0 radical (unpaired) electrons. The standard InChI is InChI=1S/C19H21NO3/c1-12-9-15(14-7-5-6-8-16(14)20-12)13-10-17(21-2)19(23-4)18(11-13)22-3/h5-8,10-11,15,20H,1,9H2,2-4H3. The molecule has 4 heteroatoms. The van der Waals surface area contributed by atoms with Crippen LogP contribution in [0, 0.1) is 0 Å². The average molecular weight is 311 g/mol. The topological polar surface area (TPSA) is 39.7 Å². The van der Waals surface area contributed by atoms with Crippen LogP contribution in [0.2, 0.25) is 0 Å². The van der Waals surface area contributed by atoms with Gasteiger partial charge in [-0.15, -0.1) is 0 Å². The van der Waals surface area contributed by atoms with Gasteiger partial charge in [-0.3, -0.25) is 0 Å². The summed E-state index contributed by atoms with van der Waals surface area (Å²) in [7, 11) is 4.88. The highest BCUT2D eigenvalue weighted by Gasteiger charge is 2.25. The van der Waals surface area contributed by atoms with Gasteiger partial charge in [0.25, 0.3) is 0 Å². The fourth-order valence-corrected chi connectivity index (χ4v) is 3.11. The lowest BCUT2D eigenvalue weighted by Gasteiger charge is -2.29. The zero-order valence-corrected chi connectivity index (χ0v) is 13.7. The minimum atomic E-state index is 0.202. The van der Waals surface area contributed by atoms with Crippen LogP contribution in [-0.2, 0) is 0 Å². The number of hydrogen-bond donors (Lipinski definition) is 1. The molecule has 3 rings (SSSR count). The molecule has 0 aromatic heterocycles. The second-order valence-electron chi connectivity index (χ2n) is 5.53. The Morgan fingerprint density at radius 2 is 1.65 bits per heavy atom. The summed E-state index contributed by atoms with van der Waals surface area (Å²) in [6.45, 7) is 4.11. The smallest absolute Gasteiger partial charge is 0.203 e. The maximum Gasteiger partial charge on any atom is 0.203 e. The Hall–Kier alpha value is -2.62. The molecule has 1 aliphatic heterocycles. The zero-order chi connectivity index (χ0) is 16.4. The highest BCUT2D eigenvalue weighted by molar-refractivity contribution is 5.63. The molecule has 0 fully saturated rings. The molecule has 1 aliphatic rings. The quantitative estimate of drug-likeness (QED) is 0.920. The van der Waals surface area contributed by atoms with Gasteiger partial charge in [0, 0.05) is 17.3 Å². The van der Waals surface area contributed by atoms with Crippen molar-refractivity contribution in [2.75, 3.05) is 26.6 Å². The average Bonchev–Trinajstić information content (AvgIpc) is 2.59. The molecule has 0 saturated carbocycles. The molecule has 1 unspecified atom stereocenters. The highest BCUT2D eigenvalue weighted by Crippen LogP contribution is 2.45. The van der Waals surface area contributed by atoms with Gasteiger partial charge in [-0.05, 0) is 35.7 Å². The van der Waals surface area contributed by atoms with Crippen molar-refractivity contribution in [1.29, 1.82) is 0 Å². The molecule has 1 heterocycles. The van der Waals surface area contributed by atoms with Crippen LogP contribution in [0.4, 0.5) is 5.69 Å². The molecule has 2 aromatic rings. The maximum absolute atomic E-state index is 5.48. The second kappa shape index (κ2) is 6.24. The predicted molar refractivity (Wildman–Crippen MR) is 91.8 cm³/mol. The van der Waals surface area contributed by atoms with Crippen LogP contribution in [0.3, 0.4) is 0 Å². The SMILES string of the molecule is C=C1CC(c2cc(OC)c(OC)c(OC)c2)c2ccccc2N1.